The van der Waals surface area contributed by atoms with Crippen LogP contribution in [-0.4, -0.2) is 50.0 Å². The van der Waals surface area contributed by atoms with Crippen molar-refractivity contribution in [2.75, 3.05) is 18.0 Å². The number of hydrogen-bond acceptors (Lipinski definition) is 6. The molecule has 2 aromatic carbocycles. The molecule has 6 rings (SSSR count). The van der Waals surface area contributed by atoms with Gasteiger partial charge in [-0.15, -0.1) is 5.10 Å². The van der Waals surface area contributed by atoms with Gasteiger partial charge in [0.15, 0.2) is 5.65 Å². The fourth-order valence-corrected chi connectivity index (χ4v) is 5.08. The standard InChI is InChI=1S/C28H26FN7O/c1-17-5-3-6-19-12-14-31-27(25(17)19)35(21-7-4-13-30-16-21)28(37)22-10-9-20(15-23(22)29)36-26-24(33-34-36)11-8-18(2)32-26/h3,5-6,8-12,14-15,21,30H,4,7,13,16H2,1-2H3/t21-/m1/s1. The molecule has 0 spiro atoms. The van der Waals surface area contributed by atoms with Crippen molar-refractivity contribution in [2.24, 2.45) is 0 Å². The van der Waals surface area contributed by atoms with Gasteiger partial charge >= 0.3 is 0 Å². The lowest BCUT2D eigenvalue weighted by Crippen LogP contribution is -2.49. The first-order chi connectivity index (χ1) is 18.0. The molecule has 1 aliphatic rings. The van der Waals surface area contributed by atoms with Gasteiger partial charge in [-0.05, 0) is 74.5 Å². The minimum absolute atomic E-state index is 0.0183. The fourth-order valence-electron chi connectivity index (χ4n) is 5.08. The molecule has 0 aliphatic carbocycles. The van der Waals surface area contributed by atoms with Crippen LogP contribution in [-0.2, 0) is 0 Å². The van der Waals surface area contributed by atoms with E-state index in [1.165, 1.54) is 16.8 Å². The van der Waals surface area contributed by atoms with E-state index in [-0.39, 0.29) is 11.6 Å². The molecule has 4 heterocycles. The number of amides is 1. The van der Waals surface area contributed by atoms with Crippen molar-refractivity contribution >= 4 is 33.7 Å². The van der Waals surface area contributed by atoms with Crippen molar-refractivity contribution < 1.29 is 9.18 Å². The van der Waals surface area contributed by atoms with Gasteiger partial charge in [0.1, 0.15) is 17.2 Å². The molecule has 0 bridgehead atoms. The smallest absolute Gasteiger partial charge is 0.262 e. The summed E-state index contributed by atoms with van der Waals surface area (Å²) in [5.74, 6) is -0.498. The monoisotopic (exact) mass is 495 g/mol. The Kier molecular flexibility index (Phi) is 5.84. The third-order valence-electron chi connectivity index (χ3n) is 6.93. The maximum atomic E-state index is 15.6. The van der Waals surface area contributed by atoms with Crippen LogP contribution in [0.3, 0.4) is 0 Å². The van der Waals surface area contributed by atoms with Gasteiger partial charge in [-0.1, -0.05) is 23.4 Å². The summed E-state index contributed by atoms with van der Waals surface area (Å²) in [4.78, 5) is 24.9. The number of nitrogens with zero attached hydrogens (tertiary/aromatic N) is 6. The normalized spacial score (nSPS) is 15.8. The van der Waals surface area contributed by atoms with E-state index < -0.39 is 11.7 Å². The minimum atomic E-state index is -0.635. The molecule has 1 aliphatic heterocycles. The molecule has 5 aromatic rings. The van der Waals surface area contributed by atoms with Crippen LogP contribution in [0.5, 0.6) is 0 Å². The Morgan fingerprint density at radius 2 is 2.03 bits per heavy atom. The molecular formula is C28H26FN7O. The first-order valence-electron chi connectivity index (χ1n) is 12.4. The van der Waals surface area contributed by atoms with Crippen LogP contribution in [0.2, 0.25) is 0 Å². The molecule has 1 amide bonds. The van der Waals surface area contributed by atoms with Crippen molar-refractivity contribution in [3.63, 3.8) is 0 Å². The predicted molar refractivity (Wildman–Crippen MR) is 141 cm³/mol. The summed E-state index contributed by atoms with van der Waals surface area (Å²) in [5.41, 5.74) is 3.38. The lowest BCUT2D eigenvalue weighted by molar-refractivity contribution is 0.0968. The number of aryl methyl sites for hydroxylation is 2. The summed E-state index contributed by atoms with van der Waals surface area (Å²) >= 11 is 0. The molecule has 9 heteroatoms. The highest BCUT2D eigenvalue weighted by molar-refractivity contribution is 6.11. The third kappa shape index (κ3) is 4.11. The summed E-state index contributed by atoms with van der Waals surface area (Å²) in [6.45, 7) is 5.38. The number of pyridine rings is 2. The number of halogens is 1. The molecule has 1 saturated heterocycles. The highest BCUT2D eigenvalue weighted by Gasteiger charge is 2.32. The quantitative estimate of drug-likeness (QED) is 0.394. The minimum Gasteiger partial charge on any atom is -0.315 e. The van der Waals surface area contributed by atoms with Gasteiger partial charge < -0.3 is 5.32 Å². The molecule has 186 valence electrons. The number of benzene rings is 2. The lowest BCUT2D eigenvalue weighted by Gasteiger charge is -2.35. The van der Waals surface area contributed by atoms with E-state index in [1.807, 2.05) is 50.2 Å². The van der Waals surface area contributed by atoms with Crippen LogP contribution in [0.25, 0.3) is 27.6 Å². The number of aromatic nitrogens is 5. The van der Waals surface area contributed by atoms with Gasteiger partial charge in [-0.3, -0.25) is 9.69 Å². The zero-order valence-corrected chi connectivity index (χ0v) is 20.6. The number of piperidine rings is 1. The Morgan fingerprint density at radius 3 is 2.84 bits per heavy atom. The number of hydrogen-bond donors (Lipinski definition) is 1. The van der Waals surface area contributed by atoms with E-state index in [1.54, 1.807) is 17.2 Å². The molecule has 3 aromatic heterocycles. The molecular weight excluding hydrogens is 469 g/mol. The van der Waals surface area contributed by atoms with Gasteiger partial charge in [-0.25, -0.2) is 14.4 Å². The molecule has 1 atom stereocenters. The van der Waals surface area contributed by atoms with Crippen LogP contribution in [0.15, 0.2) is 60.8 Å². The van der Waals surface area contributed by atoms with E-state index in [0.717, 1.165) is 41.4 Å². The van der Waals surface area contributed by atoms with Gasteiger partial charge in [0, 0.05) is 29.9 Å². The summed E-state index contributed by atoms with van der Waals surface area (Å²) < 4.78 is 17.1. The second-order valence-corrected chi connectivity index (χ2v) is 9.44. The van der Waals surface area contributed by atoms with Crippen molar-refractivity contribution in [1.82, 2.24) is 30.3 Å². The molecule has 0 radical (unpaired) electrons. The van der Waals surface area contributed by atoms with Crippen LogP contribution in [0.1, 0.15) is 34.5 Å². The highest BCUT2D eigenvalue weighted by Crippen LogP contribution is 2.32. The topological polar surface area (TPSA) is 88.8 Å². The lowest BCUT2D eigenvalue weighted by atomic mass is 10.0. The first-order valence-corrected chi connectivity index (χ1v) is 12.4. The van der Waals surface area contributed by atoms with Gasteiger partial charge in [0.2, 0.25) is 0 Å². The molecule has 8 nitrogen and oxygen atoms in total. The molecule has 0 unspecified atom stereocenters. The number of fused-ring (bicyclic) bond motifs is 2. The maximum Gasteiger partial charge on any atom is 0.262 e. The first kappa shape index (κ1) is 23.2. The molecule has 1 fully saturated rings. The largest absolute Gasteiger partial charge is 0.315 e. The highest BCUT2D eigenvalue weighted by atomic mass is 19.1. The number of rotatable bonds is 4. The number of anilines is 1. The Balaban J connectivity index is 1.44. The van der Waals surface area contributed by atoms with Crippen LogP contribution >= 0.6 is 0 Å². The molecule has 0 saturated carbocycles. The van der Waals surface area contributed by atoms with E-state index in [9.17, 15) is 4.79 Å². The SMILES string of the molecule is Cc1ccc2nnn(-c3ccc(C(=O)N(c4nccc5cccc(C)c45)[C@@H]4CCCNC4)c(F)c3)c2n1. The van der Waals surface area contributed by atoms with Crippen LogP contribution in [0.4, 0.5) is 10.2 Å². The van der Waals surface area contributed by atoms with E-state index >= 15 is 4.39 Å². The van der Waals surface area contributed by atoms with Gasteiger partial charge in [0.05, 0.1) is 17.3 Å². The van der Waals surface area contributed by atoms with Crippen LogP contribution < -0.4 is 10.2 Å². The van der Waals surface area contributed by atoms with Gasteiger partial charge in [-0.2, -0.15) is 4.68 Å². The maximum absolute atomic E-state index is 15.6. The second-order valence-electron chi connectivity index (χ2n) is 9.44. The Morgan fingerprint density at radius 1 is 1.14 bits per heavy atom. The summed E-state index contributed by atoms with van der Waals surface area (Å²) in [7, 11) is 0. The molecule has 1 N–H and O–H groups in total. The summed E-state index contributed by atoms with van der Waals surface area (Å²) in [6, 6.07) is 15.9. The van der Waals surface area contributed by atoms with Crippen molar-refractivity contribution in [1.29, 1.82) is 0 Å². The fraction of sp³-hybridized carbons (Fsp3) is 0.250. The number of carbonyl (C=O) groups excluding carboxylic acids is 1. The third-order valence-corrected chi connectivity index (χ3v) is 6.93. The molecule has 37 heavy (non-hydrogen) atoms. The van der Waals surface area contributed by atoms with Crippen LogP contribution in [0, 0.1) is 19.7 Å². The predicted octanol–water partition coefficient (Wildman–Crippen LogP) is 4.52. The van der Waals surface area contributed by atoms with Crippen molar-refractivity contribution in [2.45, 2.75) is 32.7 Å². The Labute approximate surface area is 213 Å². The van der Waals surface area contributed by atoms with Crippen molar-refractivity contribution in [3.05, 3.63) is 83.4 Å². The number of nitrogens with one attached hydrogen (secondary N) is 1. The Hall–Kier alpha value is -4.24. The van der Waals surface area contributed by atoms with E-state index in [0.29, 0.717) is 29.2 Å². The second kappa shape index (κ2) is 9.33. The zero-order valence-electron chi connectivity index (χ0n) is 20.6. The number of carbonyl (C=O) groups is 1. The summed E-state index contributed by atoms with van der Waals surface area (Å²) in [6.07, 6.45) is 3.43. The van der Waals surface area contributed by atoms with E-state index in [2.05, 4.69) is 25.6 Å². The average Bonchev–Trinajstić information content (AvgIpc) is 3.32. The van der Waals surface area contributed by atoms with Gasteiger partial charge in [0.25, 0.3) is 5.91 Å². The average molecular weight is 496 g/mol. The Bertz CT molecular complexity index is 1640. The van der Waals surface area contributed by atoms with Crippen molar-refractivity contribution in [3.8, 4) is 5.69 Å². The zero-order chi connectivity index (χ0) is 25.5. The van der Waals surface area contributed by atoms with E-state index in [4.69, 9.17) is 0 Å². The summed E-state index contributed by atoms with van der Waals surface area (Å²) in [5, 5.41) is 13.5.